The van der Waals surface area contributed by atoms with Crippen LogP contribution in [-0.4, -0.2) is 12.6 Å². The third-order valence-electron chi connectivity index (χ3n) is 2.25. The summed E-state index contributed by atoms with van der Waals surface area (Å²) < 4.78 is 17.6. The van der Waals surface area contributed by atoms with Gasteiger partial charge in [-0.3, -0.25) is 0 Å². The second-order valence-corrected chi connectivity index (χ2v) is 3.71. The first-order valence-electron chi connectivity index (χ1n) is 5.72. The summed E-state index contributed by atoms with van der Waals surface area (Å²) in [5.74, 6) is -1.01. The van der Waals surface area contributed by atoms with Crippen molar-refractivity contribution in [2.45, 2.75) is 19.8 Å². The van der Waals surface area contributed by atoms with Gasteiger partial charge in [0.2, 0.25) is 0 Å². The summed E-state index contributed by atoms with van der Waals surface area (Å²) in [6.07, 6.45) is 3.06. The zero-order valence-electron chi connectivity index (χ0n) is 10.1. The number of benzene rings is 1. The van der Waals surface area contributed by atoms with Gasteiger partial charge in [-0.1, -0.05) is 25.5 Å². The van der Waals surface area contributed by atoms with E-state index >= 15 is 0 Å². The maximum Gasteiger partial charge on any atom is 0.348 e. The van der Waals surface area contributed by atoms with E-state index in [4.69, 9.17) is 10.00 Å². The fraction of sp³-hybridized carbons (Fsp3) is 0.286. The first-order valence-corrected chi connectivity index (χ1v) is 5.72. The fourth-order valence-electron chi connectivity index (χ4n) is 1.25. The number of carbonyl (C=O) groups is 1. The van der Waals surface area contributed by atoms with Gasteiger partial charge in [0, 0.05) is 0 Å². The lowest BCUT2D eigenvalue weighted by Gasteiger charge is -2.02. The number of halogens is 1. The van der Waals surface area contributed by atoms with E-state index in [0.29, 0.717) is 12.2 Å². The molecule has 1 aromatic carbocycles. The third-order valence-corrected chi connectivity index (χ3v) is 2.25. The van der Waals surface area contributed by atoms with Crippen molar-refractivity contribution in [3.63, 3.8) is 0 Å². The molecule has 0 aliphatic heterocycles. The van der Waals surface area contributed by atoms with Crippen molar-refractivity contribution < 1.29 is 13.9 Å². The van der Waals surface area contributed by atoms with Gasteiger partial charge >= 0.3 is 5.97 Å². The molecule has 18 heavy (non-hydrogen) atoms. The number of unbranched alkanes of at least 4 members (excludes halogenated alkanes) is 1. The van der Waals surface area contributed by atoms with Crippen molar-refractivity contribution in [3.05, 3.63) is 41.2 Å². The summed E-state index contributed by atoms with van der Waals surface area (Å²) in [5.41, 5.74) is 0.498. The summed E-state index contributed by atoms with van der Waals surface area (Å²) in [6.45, 7) is 2.28. The predicted molar refractivity (Wildman–Crippen MR) is 65.9 cm³/mol. The van der Waals surface area contributed by atoms with Crippen LogP contribution in [0, 0.1) is 17.1 Å². The van der Waals surface area contributed by atoms with Crippen LogP contribution < -0.4 is 0 Å². The second kappa shape index (κ2) is 7.23. The second-order valence-electron chi connectivity index (χ2n) is 3.71. The van der Waals surface area contributed by atoms with Gasteiger partial charge in [-0.15, -0.1) is 0 Å². The van der Waals surface area contributed by atoms with Crippen molar-refractivity contribution in [3.8, 4) is 6.07 Å². The van der Waals surface area contributed by atoms with E-state index in [1.54, 1.807) is 6.07 Å². The Balaban J connectivity index is 2.74. The number of nitrogens with zero attached hydrogens (tertiary/aromatic N) is 1. The quantitative estimate of drug-likeness (QED) is 0.348. The molecule has 0 aliphatic carbocycles. The topological polar surface area (TPSA) is 50.1 Å². The van der Waals surface area contributed by atoms with Gasteiger partial charge in [0.25, 0.3) is 0 Å². The molecule has 0 amide bonds. The average molecular weight is 247 g/mol. The molecule has 1 aromatic rings. The Labute approximate surface area is 105 Å². The number of carbonyl (C=O) groups excluding carboxylic acids is 1. The zero-order chi connectivity index (χ0) is 13.4. The van der Waals surface area contributed by atoms with E-state index in [1.165, 1.54) is 30.3 Å². The maximum atomic E-state index is 12.7. The largest absolute Gasteiger partial charge is 0.462 e. The van der Waals surface area contributed by atoms with Crippen LogP contribution >= 0.6 is 0 Å². The Morgan fingerprint density at radius 3 is 2.67 bits per heavy atom. The zero-order valence-corrected chi connectivity index (χ0v) is 10.1. The fourth-order valence-corrected chi connectivity index (χ4v) is 1.25. The Morgan fingerprint density at radius 1 is 1.44 bits per heavy atom. The van der Waals surface area contributed by atoms with Crippen LogP contribution in [0.1, 0.15) is 25.3 Å². The van der Waals surface area contributed by atoms with Gasteiger partial charge in [-0.05, 0) is 30.2 Å². The lowest BCUT2D eigenvalue weighted by molar-refractivity contribution is -0.138. The molecular weight excluding hydrogens is 233 g/mol. The van der Waals surface area contributed by atoms with E-state index in [1.807, 2.05) is 6.92 Å². The number of ether oxygens (including phenoxy) is 1. The Bertz CT molecular complexity index is 472. The minimum absolute atomic E-state index is 0.0855. The molecule has 0 spiro atoms. The highest BCUT2D eigenvalue weighted by Gasteiger charge is 2.10. The highest BCUT2D eigenvalue weighted by Crippen LogP contribution is 2.09. The lowest BCUT2D eigenvalue weighted by Crippen LogP contribution is -2.07. The first-order chi connectivity index (χ1) is 8.67. The molecule has 0 atom stereocenters. The molecule has 0 N–H and O–H groups in total. The van der Waals surface area contributed by atoms with Crippen molar-refractivity contribution >= 4 is 12.0 Å². The van der Waals surface area contributed by atoms with Crippen LogP contribution in [0.5, 0.6) is 0 Å². The molecule has 0 saturated heterocycles. The summed E-state index contributed by atoms with van der Waals surface area (Å²) in [5, 5.41) is 8.88. The third kappa shape index (κ3) is 4.38. The minimum Gasteiger partial charge on any atom is -0.462 e. The average Bonchev–Trinajstić information content (AvgIpc) is 2.38. The molecule has 4 heteroatoms. The Kier molecular flexibility index (Phi) is 5.59. The SMILES string of the molecule is CCCCOC(=O)C(C#N)=Cc1ccc(F)cc1. The minimum atomic E-state index is -0.643. The molecular formula is C14H14FNO2. The monoisotopic (exact) mass is 247 g/mol. The number of hydrogen-bond acceptors (Lipinski definition) is 3. The van der Waals surface area contributed by atoms with Gasteiger partial charge in [0.05, 0.1) is 6.61 Å². The molecule has 0 fully saturated rings. The van der Waals surface area contributed by atoms with Crippen LogP contribution in [0.25, 0.3) is 6.08 Å². The molecule has 0 saturated carbocycles. The maximum absolute atomic E-state index is 12.7. The van der Waals surface area contributed by atoms with Gasteiger partial charge in [-0.25, -0.2) is 9.18 Å². The highest BCUT2D eigenvalue weighted by atomic mass is 19.1. The normalized spacial score (nSPS) is 10.8. The Morgan fingerprint density at radius 2 is 2.11 bits per heavy atom. The molecule has 0 aromatic heterocycles. The molecule has 0 aliphatic rings. The van der Waals surface area contributed by atoms with E-state index < -0.39 is 5.97 Å². The van der Waals surface area contributed by atoms with E-state index in [0.717, 1.165) is 12.8 Å². The molecule has 94 valence electrons. The van der Waals surface area contributed by atoms with E-state index in [-0.39, 0.29) is 11.4 Å². The predicted octanol–water partition coefficient (Wildman–Crippen LogP) is 3.08. The van der Waals surface area contributed by atoms with Gasteiger partial charge in [0.1, 0.15) is 17.5 Å². The highest BCUT2D eigenvalue weighted by molar-refractivity contribution is 5.97. The standard InChI is InChI=1S/C14H14FNO2/c1-2-3-8-18-14(17)12(10-16)9-11-4-6-13(15)7-5-11/h4-7,9H,2-3,8H2,1H3. The van der Waals surface area contributed by atoms with Crippen LogP contribution in [0.3, 0.4) is 0 Å². The van der Waals surface area contributed by atoms with Crippen molar-refractivity contribution in [2.24, 2.45) is 0 Å². The van der Waals surface area contributed by atoms with Crippen LogP contribution in [0.2, 0.25) is 0 Å². The van der Waals surface area contributed by atoms with E-state index in [2.05, 4.69) is 0 Å². The summed E-state index contributed by atoms with van der Waals surface area (Å²) in [7, 11) is 0. The van der Waals surface area contributed by atoms with Crippen LogP contribution in [0.15, 0.2) is 29.8 Å². The first kappa shape index (κ1) is 13.9. The summed E-state index contributed by atoms with van der Waals surface area (Å²) >= 11 is 0. The Hall–Kier alpha value is -2.15. The number of nitriles is 1. The molecule has 3 nitrogen and oxygen atoms in total. The van der Waals surface area contributed by atoms with Crippen LogP contribution in [0.4, 0.5) is 4.39 Å². The number of hydrogen-bond donors (Lipinski definition) is 0. The molecule has 1 rings (SSSR count). The van der Waals surface area contributed by atoms with Gasteiger partial charge in [0.15, 0.2) is 0 Å². The molecule has 0 radical (unpaired) electrons. The van der Waals surface area contributed by atoms with Crippen LogP contribution in [-0.2, 0) is 9.53 Å². The van der Waals surface area contributed by atoms with Gasteiger partial charge in [-0.2, -0.15) is 5.26 Å². The van der Waals surface area contributed by atoms with Crippen molar-refractivity contribution in [1.82, 2.24) is 0 Å². The van der Waals surface area contributed by atoms with Crippen molar-refractivity contribution in [1.29, 1.82) is 5.26 Å². The van der Waals surface area contributed by atoms with E-state index in [9.17, 15) is 9.18 Å². The molecule has 0 bridgehead atoms. The molecule has 0 heterocycles. The van der Waals surface area contributed by atoms with Crippen molar-refractivity contribution in [2.75, 3.05) is 6.61 Å². The smallest absolute Gasteiger partial charge is 0.348 e. The lowest BCUT2D eigenvalue weighted by atomic mass is 10.1. The molecule has 0 unspecified atom stereocenters. The summed E-state index contributed by atoms with van der Waals surface area (Å²) in [6, 6.07) is 7.30. The summed E-state index contributed by atoms with van der Waals surface area (Å²) in [4.78, 5) is 11.5. The number of rotatable bonds is 5. The van der Waals surface area contributed by atoms with Gasteiger partial charge < -0.3 is 4.74 Å². The number of esters is 1.